The standard InChI is InChI=1S/C13H22N4O2S/c1-9-14-11(20-16-9)17-7-5-10(6-8-17)15-12(18)19-13(2,3)4/h10H,5-8H2,1-4H3,(H,15,18). The lowest BCUT2D eigenvalue weighted by atomic mass is 10.1. The summed E-state index contributed by atoms with van der Waals surface area (Å²) in [5, 5.41) is 3.90. The van der Waals surface area contributed by atoms with Gasteiger partial charge in [-0.15, -0.1) is 0 Å². The molecule has 0 aromatic carbocycles. The van der Waals surface area contributed by atoms with Gasteiger partial charge >= 0.3 is 6.09 Å². The third-order valence-electron chi connectivity index (χ3n) is 3.00. The third-order valence-corrected chi connectivity index (χ3v) is 3.87. The van der Waals surface area contributed by atoms with Gasteiger partial charge in [-0.1, -0.05) is 0 Å². The summed E-state index contributed by atoms with van der Waals surface area (Å²) >= 11 is 1.43. The fourth-order valence-electron chi connectivity index (χ4n) is 2.10. The molecule has 1 aliphatic rings. The Labute approximate surface area is 123 Å². The predicted molar refractivity (Wildman–Crippen MR) is 79.3 cm³/mol. The molecule has 2 heterocycles. The molecule has 0 radical (unpaired) electrons. The molecule has 1 fully saturated rings. The van der Waals surface area contributed by atoms with Gasteiger partial charge in [0.25, 0.3) is 0 Å². The number of aromatic nitrogens is 2. The zero-order valence-electron chi connectivity index (χ0n) is 12.5. The summed E-state index contributed by atoms with van der Waals surface area (Å²) in [6, 6.07) is 0.176. The third kappa shape index (κ3) is 4.33. The van der Waals surface area contributed by atoms with E-state index in [4.69, 9.17) is 4.74 Å². The molecule has 1 aromatic rings. The zero-order valence-corrected chi connectivity index (χ0v) is 13.3. The van der Waals surface area contributed by atoms with Gasteiger partial charge in [-0.2, -0.15) is 4.37 Å². The van der Waals surface area contributed by atoms with Crippen molar-refractivity contribution < 1.29 is 9.53 Å². The second-order valence-electron chi connectivity index (χ2n) is 6.03. The Morgan fingerprint density at radius 2 is 2.05 bits per heavy atom. The van der Waals surface area contributed by atoms with Gasteiger partial charge in [-0.3, -0.25) is 0 Å². The van der Waals surface area contributed by atoms with Crippen molar-refractivity contribution in [1.82, 2.24) is 14.7 Å². The number of rotatable bonds is 2. The summed E-state index contributed by atoms with van der Waals surface area (Å²) in [6.45, 7) is 9.27. The molecule has 1 N–H and O–H groups in total. The number of nitrogens with zero attached hydrogens (tertiary/aromatic N) is 3. The first-order valence-electron chi connectivity index (χ1n) is 6.88. The Hall–Kier alpha value is -1.37. The summed E-state index contributed by atoms with van der Waals surface area (Å²) in [5.41, 5.74) is -0.450. The van der Waals surface area contributed by atoms with Gasteiger partial charge in [-0.25, -0.2) is 9.78 Å². The highest BCUT2D eigenvalue weighted by Gasteiger charge is 2.24. The molecule has 6 nitrogen and oxygen atoms in total. The second kappa shape index (κ2) is 5.95. The Balaban J connectivity index is 1.78. The number of aryl methyl sites for hydroxylation is 1. The van der Waals surface area contributed by atoms with Gasteiger partial charge in [0.1, 0.15) is 11.4 Å². The highest BCUT2D eigenvalue weighted by Crippen LogP contribution is 2.21. The van der Waals surface area contributed by atoms with Crippen LogP contribution in [-0.4, -0.2) is 40.2 Å². The SMILES string of the molecule is Cc1nsc(N2CCC(NC(=O)OC(C)(C)C)CC2)n1. The first kappa shape index (κ1) is 15.0. The van der Waals surface area contributed by atoms with Crippen LogP contribution < -0.4 is 10.2 Å². The quantitative estimate of drug-likeness (QED) is 0.907. The van der Waals surface area contributed by atoms with Crippen LogP contribution in [0.1, 0.15) is 39.4 Å². The molecule has 2 rings (SSSR count). The van der Waals surface area contributed by atoms with Crippen molar-refractivity contribution in [3.05, 3.63) is 5.82 Å². The van der Waals surface area contributed by atoms with E-state index in [0.717, 1.165) is 36.9 Å². The maximum absolute atomic E-state index is 11.7. The van der Waals surface area contributed by atoms with Crippen molar-refractivity contribution in [3.8, 4) is 0 Å². The van der Waals surface area contributed by atoms with Crippen LogP contribution in [0.15, 0.2) is 0 Å². The minimum atomic E-state index is -0.450. The second-order valence-corrected chi connectivity index (χ2v) is 6.76. The summed E-state index contributed by atoms with van der Waals surface area (Å²) in [7, 11) is 0. The number of piperidine rings is 1. The van der Waals surface area contributed by atoms with Gasteiger partial charge in [0.2, 0.25) is 5.13 Å². The van der Waals surface area contributed by atoms with Crippen LogP contribution in [0.4, 0.5) is 9.93 Å². The molecule has 7 heteroatoms. The molecule has 0 spiro atoms. The fourth-order valence-corrected chi connectivity index (χ4v) is 2.83. The van der Waals surface area contributed by atoms with Crippen molar-refractivity contribution in [2.24, 2.45) is 0 Å². The van der Waals surface area contributed by atoms with E-state index in [1.807, 2.05) is 27.7 Å². The minimum absolute atomic E-state index is 0.176. The van der Waals surface area contributed by atoms with E-state index in [1.54, 1.807) is 0 Å². The Kier molecular flexibility index (Phi) is 4.47. The topological polar surface area (TPSA) is 67.4 Å². The highest BCUT2D eigenvalue weighted by atomic mass is 32.1. The van der Waals surface area contributed by atoms with Crippen molar-refractivity contribution in [3.63, 3.8) is 0 Å². The number of amides is 1. The number of carbonyl (C=O) groups is 1. The number of carbonyl (C=O) groups excluding carboxylic acids is 1. The van der Waals surface area contributed by atoms with Crippen LogP contribution in [0.3, 0.4) is 0 Å². The van der Waals surface area contributed by atoms with Crippen molar-refractivity contribution >= 4 is 22.8 Å². The van der Waals surface area contributed by atoms with E-state index < -0.39 is 5.60 Å². The number of anilines is 1. The van der Waals surface area contributed by atoms with Crippen LogP contribution in [0.25, 0.3) is 0 Å². The van der Waals surface area contributed by atoms with E-state index in [-0.39, 0.29) is 12.1 Å². The van der Waals surface area contributed by atoms with Crippen molar-refractivity contribution in [2.75, 3.05) is 18.0 Å². The number of hydrogen-bond donors (Lipinski definition) is 1. The largest absolute Gasteiger partial charge is 0.444 e. The number of hydrogen-bond acceptors (Lipinski definition) is 6. The molecule has 1 aromatic heterocycles. The number of alkyl carbamates (subject to hydrolysis) is 1. The Morgan fingerprint density at radius 3 is 2.55 bits per heavy atom. The van der Waals surface area contributed by atoms with Gasteiger partial charge < -0.3 is 15.0 Å². The van der Waals surface area contributed by atoms with Gasteiger partial charge in [0.15, 0.2) is 0 Å². The van der Waals surface area contributed by atoms with Gasteiger partial charge in [-0.05, 0) is 40.5 Å². The van der Waals surface area contributed by atoms with E-state index in [2.05, 4.69) is 19.6 Å². The molecule has 0 bridgehead atoms. The van der Waals surface area contributed by atoms with Gasteiger partial charge in [0, 0.05) is 30.7 Å². The van der Waals surface area contributed by atoms with E-state index in [9.17, 15) is 4.79 Å². The predicted octanol–water partition coefficient (Wildman–Crippen LogP) is 2.34. The molecule has 0 saturated carbocycles. The molecular weight excluding hydrogens is 276 g/mol. The molecule has 0 aliphatic carbocycles. The molecular formula is C13H22N4O2S. The zero-order chi connectivity index (χ0) is 14.8. The molecule has 112 valence electrons. The van der Waals surface area contributed by atoms with E-state index in [1.165, 1.54) is 11.5 Å². The smallest absolute Gasteiger partial charge is 0.407 e. The van der Waals surface area contributed by atoms with Crippen molar-refractivity contribution in [1.29, 1.82) is 0 Å². The van der Waals surface area contributed by atoms with Gasteiger partial charge in [0.05, 0.1) is 0 Å². The monoisotopic (exact) mass is 298 g/mol. The fraction of sp³-hybridized carbons (Fsp3) is 0.769. The van der Waals surface area contributed by atoms with Crippen LogP contribution in [0.2, 0.25) is 0 Å². The summed E-state index contributed by atoms with van der Waals surface area (Å²) < 4.78 is 9.47. The van der Waals surface area contributed by atoms with Crippen molar-refractivity contribution in [2.45, 2.75) is 52.2 Å². The first-order valence-corrected chi connectivity index (χ1v) is 7.65. The molecule has 1 amide bonds. The Morgan fingerprint density at radius 1 is 1.40 bits per heavy atom. The number of nitrogens with one attached hydrogen (secondary N) is 1. The van der Waals surface area contributed by atoms with E-state index >= 15 is 0 Å². The highest BCUT2D eigenvalue weighted by molar-refractivity contribution is 7.09. The molecule has 0 unspecified atom stereocenters. The normalized spacial score (nSPS) is 17.1. The summed E-state index contributed by atoms with van der Waals surface area (Å²) in [4.78, 5) is 18.3. The first-order chi connectivity index (χ1) is 9.33. The van der Waals surface area contributed by atoms with E-state index in [0.29, 0.717) is 0 Å². The summed E-state index contributed by atoms with van der Waals surface area (Å²) in [6.07, 6.45) is 1.47. The maximum atomic E-state index is 11.7. The van der Waals surface area contributed by atoms with Crippen LogP contribution >= 0.6 is 11.5 Å². The molecule has 20 heavy (non-hydrogen) atoms. The molecule has 1 aliphatic heterocycles. The van der Waals surface area contributed by atoms with Crippen LogP contribution in [0, 0.1) is 6.92 Å². The number of ether oxygens (including phenoxy) is 1. The average molecular weight is 298 g/mol. The van der Waals surface area contributed by atoms with Crippen LogP contribution in [0.5, 0.6) is 0 Å². The maximum Gasteiger partial charge on any atom is 0.407 e. The lowest BCUT2D eigenvalue weighted by Crippen LogP contribution is -2.46. The van der Waals surface area contributed by atoms with Crippen LogP contribution in [-0.2, 0) is 4.74 Å². The Bertz CT molecular complexity index is 461. The summed E-state index contributed by atoms with van der Waals surface area (Å²) in [5.74, 6) is 0.819. The average Bonchev–Trinajstić information content (AvgIpc) is 2.74. The lowest BCUT2D eigenvalue weighted by molar-refractivity contribution is 0.0497. The lowest BCUT2D eigenvalue weighted by Gasteiger charge is -2.32. The minimum Gasteiger partial charge on any atom is -0.444 e. The molecule has 0 atom stereocenters. The molecule has 1 saturated heterocycles.